The van der Waals surface area contributed by atoms with Gasteiger partial charge in [-0.25, -0.2) is 0 Å². The van der Waals surface area contributed by atoms with E-state index in [0.29, 0.717) is 37.2 Å². The fourth-order valence-electron chi connectivity index (χ4n) is 2.39. The number of fused-ring (bicyclic) bond motifs is 1. The van der Waals surface area contributed by atoms with E-state index in [1.807, 2.05) is 0 Å². The third-order valence-corrected chi connectivity index (χ3v) is 5.94. The Morgan fingerprint density at radius 1 is 1.07 bits per heavy atom. The van der Waals surface area contributed by atoms with Crippen molar-refractivity contribution in [1.29, 1.82) is 0 Å². The Balaban J connectivity index is 1.28. The van der Waals surface area contributed by atoms with Gasteiger partial charge in [0, 0.05) is 22.3 Å². The number of nitrogens with one attached hydrogen (secondary N) is 2. The quantitative estimate of drug-likeness (QED) is 0.435. The van der Waals surface area contributed by atoms with Gasteiger partial charge in [0.25, 0.3) is 5.91 Å². The van der Waals surface area contributed by atoms with E-state index in [4.69, 9.17) is 21.1 Å². The van der Waals surface area contributed by atoms with Gasteiger partial charge in [-0.15, -0.1) is 10.2 Å². The second-order valence-corrected chi connectivity index (χ2v) is 8.38. The zero-order chi connectivity index (χ0) is 20.2. The summed E-state index contributed by atoms with van der Waals surface area (Å²) in [6.45, 7) is 0.177. The predicted molar refractivity (Wildman–Crippen MR) is 111 cm³/mol. The average Bonchev–Trinajstić information content (AvgIpc) is 3.35. The van der Waals surface area contributed by atoms with Crippen molar-refractivity contribution in [2.75, 3.05) is 23.2 Å². The average molecular weight is 449 g/mol. The molecule has 3 aromatic rings. The number of benzene rings is 2. The van der Waals surface area contributed by atoms with Crippen LogP contribution in [0.2, 0.25) is 5.02 Å². The molecular weight excluding hydrogens is 436 g/mol. The van der Waals surface area contributed by atoms with Crippen LogP contribution in [0, 0.1) is 0 Å². The van der Waals surface area contributed by atoms with Crippen LogP contribution in [0.15, 0.2) is 46.8 Å². The Kier molecular flexibility index (Phi) is 5.84. The molecule has 0 saturated carbocycles. The van der Waals surface area contributed by atoms with Crippen molar-refractivity contribution in [2.45, 2.75) is 4.34 Å². The van der Waals surface area contributed by atoms with Crippen LogP contribution in [0.4, 0.5) is 10.8 Å². The molecule has 0 aliphatic carbocycles. The number of carbonyl (C=O) groups excluding carboxylic acids is 2. The highest BCUT2D eigenvalue weighted by Crippen LogP contribution is 2.34. The first kappa shape index (κ1) is 19.5. The summed E-state index contributed by atoms with van der Waals surface area (Å²) in [5.74, 6) is 0.889. The molecule has 1 aliphatic rings. The molecule has 2 amide bonds. The molecule has 0 saturated heterocycles. The molecule has 2 heterocycles. The molecule has 0 bridgehead atoms. The minimum Gasteiger partial charge on any atom is -0.454 e. The molecule has 8 nitrogen and oxygen atoms in total. The molecule has 2 aromatic carbocycles. The fourth-order valence-corrected chi connectivity index (χ4v) is 4.06. The second kappa shape index (κ2) is 8.68. The standard InChI is InChI=1S/C18H13ClN4O4S2/c19-11-3-1-10(2-4-11)16(25)21-17-22-23-18(29-17)28-8-15(24)20-12-5-6-13-14(7-12)27-9-26-13/h1-7H,8-9H2,(H,20,24)(H,21,22,25). The van der Waals surface area contributed by atoms with Crippen molar-refractivity contribution in [3.05, 3.63) is 53.1 Å². The van der Waals surface area contributed by atoms with Gasteiger partial charge in [0.2, 0.25) is 17.8 Å². The minimum absolute atomic E-state index is 0.147. The largest absolute Gasteiger partial charge is 0.454 e. The normalized spacial score (nSPS) is 11.9. The van der Waals surface area contributed by atoms with Crippen LogP contribution in [-0.2, 0) is 4.79 Å². The first-order valence-electron chi connectivity index (χ1n) is 8.29. The van der Waals surface area contributed by atoms with Gasteiger partial charge in [-0.2, -0.15) is 0 Å². The number of halogens is 1. The van der Waals surface area contributed by atoms with E-state index in [1.54, 1.807) is 42.5 Å². The van der Waals surface area contributed by atoms with E-state index in [9.17, 15) is 9.59 Å². The maximum absolute atomic E-state index is 12.2. The Morgan fingerprint density at radius 3 is 2.69 bits per heavy atom. The van der Waals surface area contributed by atoms with E-state index in [0.717, 1.165) is 0 Å². The number of ether oxygens (including phenoxy) is 2. The Labute approximate surface area is 178 Å². The molecule has 1 aromatic heterocycles. The molecule has 4 rings (SSSR count). The first-order chi connectivity index (χ1) is 14.1. The van der Waals surface area contributed by atoms with Crippen molar-refractivity contribution >= 4 is 57.3 Å². The lowest BCUT2D eigenvalue weighted by Crippen LogP contribution is -2.13. The highest BCUT2D eigenvalue weighted by atomic mass is 35.5. The lowest BCUT2D eigenvalue weighted by Gasteiger charge is -2.05. The van der Waals surface area contributed by atoms with Crippen molar-refractivity contribution in [2.24, 2.45) is 0 Å². The molecule has 2 N–H and O–H groups in total. The van der Waals surface area contributed by atoms with Crippen LogP contribution in [-0.4, -0.2) is 34.6 Å². The highest BCUT2D eigenvalue weighted by molar-refractivity contribution is 8.01. The summed E-state index contributed by atoms with van der Waals surface area (Å²) in [6, 6.07) is 11.7. The van der Waals surface area contributed by atoms with Gasteiger partial charge < -0.3 is 14.8 Å². The van der Waals surface area contributed by atoms with Gasteiger partial charge in [-0.3, -0.25) is 14.9 Å². The zero-order valence-corrected chi connectivity index (χ0v) is 17.1. The molecule has 1 aliphatic heterocycles. The predicted octanol–water partition coefficient (Wildman–Crippen LogP) is 3.90. The van der Waals surface area contributed by atoms with Crippen molar-refractivity contribution in [3.63, 3.8) is 0 Å². The SMILES string of the molecule is O=C(CSc1nnc(NC(=O)c2ccc(Cl)cc2)s1)Nc1ccc2c(c1)OCO2. The molecule has 29 heavy (non-hydrogen) atoms. The third-order valence-electron chi connectivity index (χ3n) is 3.72. The zero-order valence-electron chi connectivity index (χ0n) is 14.7. The summed E-state index contributed by atoms with van der Waals surface area (Å²) in [5, 5.41) is 14.3. The van der Waals surface area contributed by atoms with Crippen LogP contribution in [0.1, 0.15) is 10.4 Å². The Morgan fingerprint density at radius 2 is 1.86 bits per heavy atom. The van der Waals surface area contributed by atoms with Crippen LogP contribution >= 0.6 is 34.7 Å². The minimum atomic E-state index is -0.310. The van der Waals surface area contributed by atoms with Crippen LogP contribution < -0.4 is 20.1 Å². The number of carbonyl (C=O) groups is 2. The molecule has 0 atom stereocenters. The smallest absolute Gasteiger partial charge is 0.257 e. The van der Waals surface area contributed by atoms with E-state index in [1.165, 1.54) is 23.1 Å². The summed E-state index contributed by atoms with van der Waals surface area (Å²) in [5.41, 5.74) is 1.08. The van der Waals surface area contributed by atoms with Crippen LogP contribution in [0.5, 0.6) is 11.5 Å². The number of thioether (sulfide) groups is 1. The molecule has 0 unspecified atom stereocenters. The van der Waals surface area contributed by atoms with E-state index < -0.39 is 0 Å². The molecule has 0 spiro atoms. The fraction of sp³-hybridized carbons (Fsp3) is 0.111. The van der Waals surface area contributed by atoms with Gasteiger partial charge in [-0.1, -0.05) is 34.7 Å². The van der Waals surface area contributed by atoms with Crippen LogP contribution in [0.25, 0.3) is 0 Å². The summed E-state index contributed by atoms with van der Waals surface area (Å²) in [6.07, 6.45) is 0. The number of hydrogen-bond acceptors (Lipinski definition) is 8. The maximum atomic E-state index is 12.2. The Hall–Kier alpha value is -2.82. The summed E-state index contributed by atoms with van der Waals surface area (Å²) < 4.78 is 11.1. The van der Waals surface area contributed by atoms with Crippen molar-refractivity contribution in [1.82, 2.24) is 10.2 Å². The number of anilines is 2. The van der Waals surface area contributed by atoms with Gasteiger partial charge in [-0.05, 0) is 36.4 Å². The van der Waals surface area contributed by atoms with E-state index >= 15 is 0 Å². The number of aromatic nitrogens is 2. The summed E-state index contributed by atoms with van der Waals surface area (Å²) in [4.78, 5) is 24.3. The molecule has 0 fully saturated rings. The van der Waals surface area contributed by atoms with Gasteiger partial charge in [0.1, 0.15) is 0 Å². The van der Waals surface area contributed by atoms with Gasteiger partial charge >= 0.3 is 0 Å². The molecule has 11 heteroatoms. The monoisotopic (exact) mass is 448 g/mol. The lowest BCUT2D eigenvalue weighted by molar-refractivity contribution is -0.113. The van der Waals surface area contributed by atoms with E-state index in [-0.39, 0.29) is 24.4 Å². The number of nitrogens with zero attached hydrogens (tertiary/aromatic N) is 2. The third kappa shape index (κ3) is 4.97. The van der Waals surface area contributed by atoms with Gasteiger partial charge in [0.15, 0.2) is 15.8 Å². The molecule has 0 radical (unpaired) electrons. The molecular formula is C18H13ClN4O4S2. The topological polar surface area (TPSA) is 102 Å². The van der Waals surface area contributed by atoms with Crippen LogP contribution in [0.3, 0.4) is 0 Å². The second-order valence-electron chi connectivity index (χ2n) is 5.74. The molecule has 148 valence electrons. The summed E-state index contributed by atoms with van der Waals surface area (Å²) >= 11 is 8.23. The van der Waals surface area contributed by atoms with Crippen molar-refractivity contribution in [3.8, 4) is 11.5 Å². The number of hydrogen-bond donors (Lipinski definition) is 2. The first-order valence-corrected chi connectivity index (χ1v) is 10.5. The highest BCUT2D eigenvalue weighted by Gasteiger charge is 2.15. The lowest BCUT2D eigenvalue weighted by atomic mass is 10.2. The number of rotatable bonds is 6. The van der Waals surface area contributed by atoms with Crippen molar-refractivity contribution < 1.29 is 19.1 Å². The maximum Gasteiger partial charge on any atom is 0.257 e. The van der Waals surface area contributed by atoms with Gasteiger partial charge in [0.05, 0.1) is 5.75 Å². The van der Waals surface area contributed by atoms with E-state index in [2.05, 4.69) is 20.8 Å². The summed E-state index contributed by atoms with van der Waals surface area (Å²) in [7, 11) is 0. The Bertz CT molecular complexity index is 1060. The number of amides is 2.